The molecule has 3 amide bonds. The summed E-state index contributed by atoms with van der Waals surface area (Å²) in [6.07, 6.45) is 2.24. The molecule has 0 unspecified atom stereocenters. The van der Waals surface area contributed by atoms with Crippen molar-refractivity contribution < 1.29 is 33.3 Å². The maximum atomic E-state index is 13.9. The first-order valence-corrected chi connectivity index (χ1v) is 15.1. The Morgan fingerprint density at radius 1 is 0.930 bits per heavy atom. The van der Waals surface area contributed by atoms with Gasteiger partial charge in [0, 0.05) is 35.5 Å². The first kappa shape index (κ1) is 32.0. The van der Waals surface area contributed by atoms with Crippen molar-refractivity contribution in [1.82, 2.24) is 9.80 Å². The number of hydrogen-bond donors (Lipinski definition) is 1. The topological polar surface area (TPSA) is 98.8 Å². The Hall–Kier alpha value is -3.96. The van der Waals surface area contributed by atoms with Crippen molar-refractivity contribution in [3.05, 3.63) is 63.8 Å². The van der Waals surface area contributed by atoms with E-state index in [0.717, 1.165) is 23.3 Å². The van der Waals surface area contributed by atoms with Crippen LogP contribution < -0.4 is 24.3 Å². The summed E-state index contributed by atoms with van der Waals surface area (Å²) in [5, 5.41) is 2.92. The van der Waals surface area contributed by atoms with Gasteiger partial charge in [-0.15, -0.1) is 11.3 Å². The van der Waals surface area contributed by atoms with Gasteiger partial charge >= 0.3 is 6.03 Å². The molecule has 11 heteroatoms. The molecule has 4 rings (SSSR count). The Morgan fingerprint density at radius 3 is 2.37 bits per heavy atom. The average Bonchev–Trinajstić information content (AvgIpc) is 3.70. The first-order chi connectivity index (χ1) is 20.8. The molecule has 1 aliphatic rings. The Labute approximate surface area is 257 Å². The lowest BCUT2D eigenvalue weighted by Crippen LogP contribution is -2.47. The summed E-state index contributed by atoms with van der Waals surface area (Å²) in [4.78, 5) is 33.2. The van der Waals surface area contributed by atoms with Crippen LogP contribution in [0.15, 0.2) is 48.5 Å². The van der Waals surface area contributed by atoms with E-state index in [1.54, 1.807) is 50.9 Å². The number of urea groups is 1. The number of thiophene rings is 1. The van der Waals surface area contributed by atoms with Gasteiger partial charge in [0.05, 0.1) is 46.8 Å². The second-order valence-corrected chi connectivity index (χ2v) is 11.7. The van der Waals surface area contributed by atoms with Crippen LogP contribution in [-0.2, 0) is 22.5 Å². The number of amides is 3. The zero-order valence-electron chi connectivity index (χ0n) is 25.5. The van der Waals surface area contributed by atoms with E-state index in [-0.39, 0.29) is 18.6 Å². The summed E-state index contributed by atoms with van der Waals surface area (Å²) in [6.45, 7) is 3.82. The van der Waals surface area contributed by atoms with Gasteiger partial charge in [0.1, 0.15) is 18.0 Å². The molecular formula is C32H41N3O7S. The van der Waals surface area contributed by atoms with Gasteiger partial charge in [0.2, 0.25) is 5.91 Å². The molecule has 0 radical (unpaired) electrons. The normalized spacial score (nSPS) is 14.2. The third-order valence-electron chi connectivity index (χ3n) is 7.33. The molecule has 0 bridgehead atoms. The SMILES string of the molecule is COc1ccc(NC(=O)N(CC(=O)N(CCc2ccc(OC)c(OC)c2)Cc2ccc(C)s2)C[C@@H]2CCCO2)c(OC)c1. The van der Waals surface area contributed by atoms with Crippen molar-refractivity contribution in [3.63, 3.8) is 0 Å². The number of carbonyl (C=O) groups is 2. The van der Waals surface area contributed by atoms with Crippen molar-refractivity contribution in [2.75, 3.05) is 60.0 Å². The van der Waals surface area contributed by atoms with E-state index in [1.807, 2.05) is 36.1 Å². The second-order valence-electron chi connectivity index (χ2n) is 10.3. The van der Waals surface area contributed by atoms with Gasteiger partial charge in [-0.05, 0) is 68.1 Å². The van der Waals surface area contributed by atoms with E-state index >= 15 is 0 Å². The molecule has 2 aromatic carbocycles. The molecule has 1 saturated heterocycles. The highest BCUT2D eigenvalue weighted by Crippen LogP contribution is 2.30. The van der Waals surface area contributed by atoms with Crippen LogP contribution in [0.25, 0.3) is 0 Å². The van der Waals surface area contributed by atoms with E-state index in [0.29, 0.717) is 61.3 Å². The van der Waals surface area contributed by atoms with Gasteiger partial charge in [-0.3, -0.25) is 4.79 Å². The predicted molar refractivity (Wildman–Crippen MR) is 167 cm³/mol. The third-order valence-corrected chi connectivity index (χ3v) is 8.31. The third kappa shape index (κ3) is 8.77. The number of aryl methyl sites for hydroxylation is 1. The summed E-state index contributed by atoms with van der Waals surface area (Å²) < 4.78 is 27.4. The summed E-state index contributed by atoms with van der Waals surface area (Å²) in [5.74, 6) is 2.20. The zero-order valence-corrected chi connectivity index (χ0v) is 26.3. The minimum absolute atomic E-state index is 0.0968. The number of nitrogens with one attached hydrogen (secondary N) is 1. The number of anilines is 1. The van der Waals surface area contributed by atoms with Crippen LogP contribution in [0.3, 0.4) is 0 Å². The van der Waals surface area contributed by atoms with Crippen molar-refractivity contribution in [3.8, 4) is 23.0 Å². The quantitative estimate of drug-likeness (QED) is 0.262. The van der Waals surface area contributed by atoms with E-state index in [2.05, 4.69) is 11.4 Å². The molecule has 1 fully saturated rings. The van der Waals surface area contributed by atoms with Crippen LogP contribution in [-0.4, -0.2) is 82.5 Å². The van der Waals surface area contributed by atoms with E-state index in [4.69, 9.17) is 23.7 Å². The minimum Gasteiger partial charge on any atom is -0.497 e. The smallest absolute Gasteiger partial charge is 0.322 e. The first-order valence-electron chi connectivity index (χ1n) is 14.3. The molecule has 0 saturated carbocycles. The number of rotatable bonds is 14. The van der Waals surface area contributed by atoms with Crippen LogP contribution >= 0.6 is 11.3 Å². The van der Waals surface area contributed by atoms with E-state index in [1.165, 1.54) is 16.9 Å². The molecule has 3 aromatic rings. The van der Waals surface area contributed by atoms with Gasteiger partial charge in [0.25, 0.3) is 0 Å². The lowest BCUT2D eigenvalue weighted by molar-refractivity contribution is -0.132. The van der Waals surface area contributed by atoms with Gasteiger partial charge in [0.15, 0.2) is 11.5 Å². The molecule has 2 heterocycles. The number of methoxy groups -OCH3 is 4. The lowest BCUT2D eigenvalue weighted by Gasteiger charge is -2.29. The number of carbonyl (C=O) groups excluding carboxylic acids is 2. The van der Waals surface area contributed by atoms with E-state index in [9.17, 15) is 9.59 Å². The molecule has 1 atom stereocenters. The fourth-order valence-electron chi connectivity index (χ4n) is 4.96. The van der Waals surface area contributed by atoms with Crippen molar-refractivity contribution in [1.29, 1.82) is 0 Å². The minimum atomic E-state index is -0.404. The monoisotopic (exact) mass is 611 g/mol. The lowest BCUT2D eigenvalue weighted by atomic mass is 10.1. The van der Waals surface area contributed by atoms with Crippen LogP contribution in [0.4, 0.5) is 10.5 Å². The summed E-state index contributed by atoms with van der Waals surface area (Å²) in [6, 6.07) is 14.6. The largest absolute Gasteiger partial charge is 0.497 e. The Morgan fingerprint density at radius 2 is 1.72 bits per heavy atom. The summed E-state index contributed by atoms with van der Waals surface area (Å²) in [5.41, 5.74) is 1.50. The van der Waals surface area contributed by atoms with Gasteiger partial charge < -0.3 is 38.8 Å². The second kappa shape index (κ2) is 15.5. The number of hydrogen-bond acceptors (Lipinski definition) is 8. The highest BCUT2D eigenvalue weighted by Gasteiger charge is 2.27. The standard InChI is InChI=1S/C32H41N3O7S/c1-22-8-11-26(43-22)20-34(15-14-23-9-13-28(39-3)30(17-23)41-5)31(36)21-35(19-25-7-6-16-42-25)32(37)33-27-12-10-24(38-2)18-29(27)40-4/h8-13,17-18,25H,6-7,14-16,19-21H2,1-5H3,(H,33,37)/t25-/m0/s1. The highest BCUT2D eigenvalue weighted by molar-refractivity contribution is 7.11. The van der Waals surface area contributed by atoms with Crippen LogP contribution in [0.2, 0.25) is 0 Å². The predicted octanol–water partition coefficient (Wildman–Crippen LogP) is 5.38. The van der Waals surface area contributed by atoms with Gasteiger partial charge in [-0.25, -0.2) is 4.79 Å². The average molecular weight is 612 g/mol. The Bertz CT molecular complexity index is 1370. The highest BCUT2D eigenvalue weighted by atomic mass is 32.1. The fourth-order valence-corrected chi connectivity index (χ4v) is 5.87. The molecule has 0 aliphatic carbocycles. The molecular weight excluding hydrogens is 570 g/mol. The van der Waals surface area contributed by atoms with Crippen molar-refractivity contribution >= 4 is 29.0 Å². The molecule has 10 nitrogen and oxygen atoms in total. The van der Waals surface area contributed by atoms with Crippen molar-refractivity contribution in [2.45, 2.75) is 38.8 Å². The summed E-state index contributed by atoms with van der Waals surface area (Å²) >= 11 is 1.66. The molecule has 1 aromatic heterocycles. The van der Waals surface area contributed by atoms with Crippen LogP contribution in [0.1, 0.15) is 28.2 Å². The Kier molecular flexibility index (Phi) is 11.5. The van der Waals surface area contributed by atoms with Gasteiger partial charge in [-0.1, -0.05) is 6.07 Å². The van der Waals surface area contributed by atoms with Crippen LogP contribution in [0, 0.1) is 6.92 Å². The maximum absolute atomic E-state index is 13.9. The maximum Gasteiger partial charge on any atom is 0.322 e. The van der Waals surface area contributed by atoms with Crippen LogP contribution in [0.5, 0.6) is 23.0 Å². The molecule has 1 aliphatic heterocycles. The molecule has 43 heavy (non-hydrogen) atoms. The molecule has 0 spiro atoms. The molecule has 1 N–H and O–H groups in total. The number of benzene rings is 2. The molecule has 232 valence electrons. The number of ether oxygens (including phenoxy) is 5. The Balaban J connectivity index is 1.53. The zero-order chi connectivity index (χ0) is 30.8. The van der Waals surface area contributed by atoms with Crippen molar-refractivity contribution in [2.24, 2.45) is 0 Å². The van der Waals surface area contributed by atoms with E-state index < -0.39 is 6.03 Å². The fraction of sp³-hybridized carbons (Fsp3) is 0.438. The number of nitrogens with zero attached hydrogens (tertiary/aromatic N) is 2. The van der Waals surface area contributed by atoms with Gasteiger partial charge in [-0.2, -0.15) is 0 Å². The summed E-state index contributed by atoms with van der Waals surface area (Å²) in [7, 11) is 6.30.